The number of benzene rings is 1. The normalized spacial score (nSPS) is 13.1. The lowest BCUT2D eigenvalue weighted by atomic mass is 9.99. The fourth-order valence-corrected chi connectivity index (χ4v) is 4.43. The summed E-state index contributed by atoms with van der Waals surface area (Å²) in [6.07, 6.45) is 0.667. The Bertz CT molecular complexity index is 1110. The van der Waals surface area contributed by atoms with Crippen LogP contribution in [-0.2, 0) is 11.3 Å². The first-order valence-electron chi connectivity index (χ1n) is 10.3. The number of anilines is 1. The zero-order chi connectivity index (χ0) is 22.7. The van der Waals surface area contributed by atoms with Crippen LogP contribution in [0.2, 0.25) is 0 Å². The number of hydrogen-bond acceptors (Lipinski definition) is 6. The SMILES string of the molecule is CCC(C)C(NC(=O)c1ccc(CNc2nc(C)nc3sc(C)c(C)c23)cc1)C(=O)O. The minimum Gasteiger partial charge on any atom is -0.480 e. The smallest absolute Gasteiger partial charge is 0.326 e. The third-order valence-electron chi connectivity index (χ3n) is 5.58. The fourth-order valence-electron chi connectivity index (χ4n) is 3.35. The van der Waals surface area contributed by atoms with Crippen molar-refractivity contribution >= 4 is 39.2 Å². The molecular formula is C23H28N4O3S. The van der Waals surface area contributed by atoms with Crippen LogP contribution in [0.4, 0.5) is 5.82 Å². The van der Waals surface area contributed by atoms with Crippen LogP contribution in [0, 0.1) is 26.7 Å². The molecule has 3 rings (SSSR count). The highest BCUT2D eigenvalue weighted by Gasteiger charge is 2.25. The third kappa shape index (κ3) is 5.02. The zero-order valence-corrected chi connectivity index (χ0v) is 19.3. The van der Waals surface area contributed by atoms with Gasteiger partial charge < -0.3 is 15.7 Å². The molecule has 0 bridgehead atoms. The van der Waals surface area contributed by atoms with E-state index < -0.39 is 12.0 Å². The Labute approximate surface area is 185 Å². The van der Waals surface area contributed by atoms with E-state index in [2.05, 4.69) is 34.4 Å². The molecule has 8 heteroatoms. The number of nitrogens with zero attached hydrogens (tertiary/aromatic N) is 2. The summed E-state index contributed by atoms with van der Waals surface area (Å²) in [5.41, 5.74) is 2.61. The van der Waals surface area contributed by atoms with Crippen molar-refractivity contribution in [2.75, 3.05) is 5.32 Å². The van der Waals surface area contributed by atoms with Gasteiger partial charge in [-0.3, -0.25) is 4.79 Å². The number of amides is 1. The van der Waals surface area contributed by atoms with Gasteiger partial charge in [-0.1, -0.05) is 32.4 Å². The first-order valence-corrected chi connectivity index (χ1v) is 11.1. The van der Waals surface area contributed by atoms with Gasteiger partial charge in [0, 0.05) is 17.0 Å². The average molecular weight is 441 g/mol. The molecule has 3 aromatic rings. The average Bonchev–Trinajstić information content (AvgIpc) is 3.02. The van der Waals surface area contributed by atoms with Gasteiger partial charge in [0.05, 0.1) is 5.39 Å². The van der Waals surface area contributed by atoms with Crippen molar-refractivity contribution in [2.24, 2.45) is 5.92 Å². The number of nitrogens with one attached hydrogen (secondary N) is 2. The lowest BCUT2D eigenvalue weighted by Crippen LogP contribution is -2.45. The number of hydrogen-bond donors (Lipinski definition) is 3. The minimum absolute atomic E-state index is 0.151. The van der Waals surface area contributed by atoms with Crippen LogP contribution in [0.25, 0.3) is 10.2 Å². The van der Waals surface area contributed by atoms with E-state index in [4.69, 9.17) is 0 Å². The van der Waals surface area contributed by atoms with Gasteiger partial charge >= 0.3 is 5.97 Å². The molecule has 31 heavy (non-hydrogen) atoms. The van der Waals surface area contributed by atoms with E-state index in [1.807, 2.05) is 32.9 Å². The van der Waals surface area contributed by atoms with Gasteiger partial charge in [0.1, 0.15) is 22.5 Å². The highest BCUT2D eigenvalue weighted by atomic mass is 32.1. The predicted octanol–water partition coefficient (Wildman–Crippen LogP) is 4.46. The van der Waals surface area contributed by atoms with Crippen LogP contribution in [-0.4, -0.2) is 33.0 Å². The second kappa shape index (κ2) is 9.43. The van der Waals surface area contributed by atoms with E-state index in [9.17, 15) is 14.7 Å². The number of carboxylic acids is 1. The Morgan fingerprint density at radius 2 is 1.81 bits per heavy atom. The van der Waals surface area contributed by atoms with Gasteiger partial charge in [0.25, 0.3) is 5.91 Å². The first-order chi connectivity index (χ1) is 14.7. The molecule has 0 saturated heterocycles. The van der Waals surface area contributed by atoms with Crippen molar-refractivity contribution in [3.63, 3.8) is 0 Å². The standard InChI is InChI=1S/C23H28N4O3S/c1-6-12(2)19(23(29)30)27-21(28)17-9-7-16(8-10-17)11-24-20-18-13(3)14(4)31-22(18)26-15(5)25-20/h7-10,12,19H,6,11H2,1-5H3,(H,27,28)(H,29,30)(H,24,25,26). The summed E-state index contributed by atoms with van der Waals surface area (Å²) >= 11 is 1.67. The summed E-state index contributed by atoms with van der Waals surface area (Å²) in [4.78, 5) is 35.3. The molecule has 0 aliphatic rings. The Morgan fingerprint density at radius 3 is 2.42 bits per heavy atom. The third-order valence-corrected chi connectivity index (χ3v) is 6.68. The van der Waals surface area contributed by atoms with Crippen LogP contribution in [0.5, 0.6) is 0 Å². The largest absolute Gasteiger partial charge is 0.480 e. The van der Waals surface area contributed by atoms with Crippen molar-refractivity contribution in [1.29, 1.82) is 0 Å². The molecule has 2 heterocycles. The number of carbonyl (C=O) groups excluding carboxylic acids is 1. The van der Waals surface area contributed by atoms with E-state index in [1.165, 1.54) is 10.4 Å². The first kappa shape index (κ1) is 22.7. The van der Waals surface area contributed by atoms with E-state index in [1.54, 1.807) is 23.5 Å². The Morgan fingerprint density at radius 1 is 1.13 bits per heavy atom. The molecule has 0 saturated carbocycles. The number of aliphatic carboxylic acids is 1. The zero-order valence-electron chi connectivity index (χ0n) is 18.4. The number of carboxylic acid groups (broad SMARTS) is 1. The molecule has 164 valence electrons. The molecule has 2 unspecified atom stereocenters. The molecule has 2 atom stereocenters. The maximum absolute atomic E-state index is 12.5. The Balaban J connectivity index is 1.71. The van der Waals surface area contributed by atoms with E-state index in [0.717, 1.165) is 27.4 Å². The minimum atomic E-state index is -1.02. The van der Waals surface area contributed by atoms with E-state index in [-0.39, 0.29) is 11.8 Å². The summed E-state index contributed by atoms with van der Waals surface area (Å²) in [6.45, 7) is 10.3. The number of fused-ring (bicyclic) bond motifs is 1. The lowest BCUT2D eigenvalue weighted by Gasteiger charge is -2.20. The van der Waals surface area contributed by atoms with Crippen molar-refractivity contribution in [1.82, 2.24) is 15.3 Å². The molecule has 1 aromatic carbocycles. The van der Waals surface area contributed by atoms with Gasteiger partial charge in [-0.05, 0) is 49.9 Å². The van der Waals surface area contributed by atoms with Gasteiger partial charge in [-0.2, -0.15) is 0 Å². The molecule has 0 aliphatic heterocycles. The maximum atomic E-state index is 12.5. The highest BCUT2D eigenvalue weighted by Crippen LogP contribution is 2.33. The van der Waals surface area contributed by atoms with Crippen LogP contribution < -0.4 is 10.6 Å². The van der Waals surface area contributed by atoms with Crippen LogP contribution in [0.15, 0.2) is 24.3 Å². The highest BCUT2D eigenvalue weighted by molar-refractivity contribution is 7.18. The molecule has 3 N–H and O–H groups in total. The van der Waals surface area contributed by atoms with E-state index >= 15 is 0 Å². The van der Waals surface area contributed by atoms with Crippen molar-refractivity contribution in [3.8, 4) is 0 Å². The molecule has 0 spiro atoms. The Hall–Kier alpha value is -3.00. The van der Waals surface area contributed by atoms with E-state index in [0.29, 0.717) is 18.5 Å². The lowest BCUT2D eigenvalue weighted by molar-refractivity contribution is -0.140. The summed E-state index contributed by atoms with van der Waals surface area (Å²) < 4.78 is 0. The monoisotopic (exact) mass is 440 g/mol. The Kier molecular flexibility index (Phi) is 6.90. The van der Waals surface area contributed by atoms with Gasteiger partial charge in [-0.25, -0.2) is 14.8 Å². The van der Waals surface area contributed by atoms with Gasteiger partial charge in [0.2, 0.25) is 0 Å². The topological polar surface area (TPSA) is 104 Å². The molecule has 1 amide bonds. The molecular weight excluding hydrogens is 412 g/mol. The molecule has 0 fully saturated rings. The van der Waals surface area contributed by atoms with Crippen molar-refractivity contribution in [2.45, 2.75) is 53.6 Å². The summed E-state index contributed by atoms with van der Waals surface area (Å²) in [5, 5.41) is 16.4. The summed E-state index contributed by atoms with van der Waals surface area (Å²) in [7, 11) is 0. The summed E-state index contributed by atoms with van der Waals surface area (Å²) in [5.74, 6) is -0.0254. The van der Waals surface area contributed by atoms with Gasteiger partial charge in [0.15, 0.2) is 0 Å². The molecule has 0 aliphatic carbocycles. The second-order valence-corrected chi connectivity index (χ2v) is 9.01. The number of thiophene rings is 1. The second-order valence-electron chi connectivity index (χ2n) is 7.81. The maximum Gasteiger partial charge on any atom is 0.326 e. The van der Waals surface area contributed by atoms with Crippen LogP contribution >= 0.6 is 11.3 Å². The molecule has 0 radical (unpaired) electrons. The fraction of sp³-hybridized carbons (Fsp3) is 0.391. The van der Waals surface area contributed by atoms with Gasteiger partial charge in [-0.15, -0.1) is 11.3 Å². The van der Waals surface area contributed by atoms with Crippen LogP contribution in [0.1, 0.15) is 52.5 Å². The number of aryl methyl sites for hydroxylation is 3. The summed E-state index contributed by atoms with van der Waals surface area (Å²) in [6, 6.07) is 6.24. The number of aromatic nitrogens is 2. The number of carbonyl (C=O) groups is 2. The van der Waals surface area contributed by atoms with Crippen molar-refractivity contribution < 1.29 is 14.7 Å². The van der Waals surface area contributed by atoms with Crippen molar-refractivity contribution in [3.05, 3.63) is 51.7 Å². The predicted molar refractivity (Wildman–Crippen MR) is 124 cm³/mol. The van der Waals surface area contributed by atoms with Crippen LogP contribution in [0.3, 0.4) is 0 Å². The molecule has 2 aromatic heterocycles. The number of rotatable bonds is 8. The molecule has 7 nitrogen and oxygen atoms in total. The quantitative estimate of drug-likeness (QED) is 0.478.